The topological polar surface area (TPSA) is 82.3 Å². The summed E-state index contributed by atoms with van der Waals surface area (Å²) in [6.45, 7) is -0.0866. The molecule has 0 spiro atoms. The molecule has 7 heteroatoms. The highest BCUT2D eigenvalue weighted by Gasteiger charge is 2.31. The molecule has 0 amide bonds. The summed E-state index contributed by atoms with van der Waals surface area (Å²) >= 11 is 0. The van der Waals surface area contributed by atoms with Gasteiger partial charge in [0.15, 0.2) is 5.84 Å². The minimum Gasteiger partial charge on any atom is -0.394 e. The number of amidine groups is 1. The smallest absolute Gasteiger partial charge is 0.285 e. The minimum absolute atomic E-state index is 0.113. The quantitative estimate of drug-likeness (QED) is 0.304. The van der Waals surface area contributed by atoms with Crippen molar-refractivity contribution in [3.05, 3.63) is 90.0 Å². The first-order chi connectivity index (χ1) is 15.1. The van der Waals surface area contributed by atoms with E-state index in [0.717, 1.165) is 27.1 Å². The number of nitrogens with zero attached hydrogens (tertiary/aromatic N) is 3. The van der Waals surface area contributed by atoms with E-state index < -0.39 is 10.0 Å². The Morgan fingerprint density at radius 1 is 0.903 bits per heavy atom. The van der Waals surface area contributed by atoms with E-state index in [0.29, 0.717) is 5.56 Å². The fourth-order valence-corrected chi connectivity index (χ4v) is 5.11. The van der Waals surface area contributed by atoms with E-state index >= 15 is 0 Å². The summed E-state index contributed by atoms with van der Waals surface area (Å²) in [5.74, 6) is 0.213. The third kappa shape index (κ3) is 3.37. The molecule has 1 N–H and O–H groups in total. The third-order valence-corrected chi connectivity index (χ3v) is 6.63. The van der Waals surface area contributed by atoms with Crippen LogP contribution in [0.1, 0.15) is 11.1 Å². The molecular formula is C24H19N3O3S. The number of aliphatic hydroxyl groups is 1. The van der Waals surface area contributed by atoms with Crippen LogP contribution in [-0.4, -0.2) is 43.7 Å². The van der Waals surface area contributed by atoms with Gasteiger partial charge in [0.05, 0.1) is 19.4 Å². The van der Waals surface area contributed by atoms with Crippen molar-refractivity contribution in [3.8, 4) is 0 Å². The molecule has 154 valence electrons. The van der Waals surface area contributed by atoms with Gasteiger partial charge in [-0.1, -0.05) is 60.7 Å². The average molecular weight is 430 g/mol. The monoisotopic (exact) mass is 429 g/mol. The second-order valence-electron chi connectivity index (χ2n) is 7.21. The van der Waals surface area contributed by atoms with Gasteiger partial charge in [0, 0.05) is 11.1 Å². The molecule has 4 aromatic carbocycles. The van der Waals surface area contributed by atoms with E-state index in [1.165, 1.54) is 11.1 Å². The van der Waals surface area contributed by atoms with Gasteiger partial charge in [-0.15, -0.1) is 4.40 Å². The highest BCUT2D eigenvalue weighted by atomic mass is 32.2. The van der Waals surface area contributed by atoms with Crippen molar-refractivity contribution in [1.29, 1.82) is 0 Å². The standard InChI is InChI=1S/C24H19N3O3S/c28-14-13-27(24-21-11-5-6-12-23(21)31(29,30)26-24)25-16-22-19-9-3-1-7-17(19)15-18-8-2-4-10-20(18)22/h1-12,15-16,28H,13-14H2. The van der Waals surface area contributed by atoms with Gasteiger partial charge in [0.1, 0.15) is 4.90 Å². The van der Waals surface area contributed by atoms with Gasteiger partial charge in [-0.05, 0) is 39.7 Å². The Kier molecular flexibility index (Phi) is 4.77. The van der Waals surface area contributed by atoms with Crippen LogP contribution in [-0.2, 0) is 10.0 Å². The number of hydrogen-bond acceptors (Lipinski definition) is 5. The van der Waals surface area contributed by atoms with Crippen LogP contribution < -0.4 is 0 Å². The maximum atomic E-state index is 12.5. The first-order valence-corrected chi connectivity index (χ1v) is 11.3. The second-order valence-corrected chi connectivity index (χ2v) is 8.78. The predicted molar refractivity (Wildman–Crippen MR) is 123 cm³/mol. The molecule has 0 radical (unpaired) electrons. The van der Waals surface area contributed by atoms with Crippen molar-refractivity contribution in [2.24, 2.45) is 9.50 Å². The van der Waals surface area contributed by atoms with Crippen LogP contribution in [0.4, 0.5) is 0 Å². The van der Waals surface area contributed by atoms with E-state index in [4.69, 9.17) is 0 Å². The van der Waals surface area contributed by atoms with Crippen LogP contribution >= 0.6 is 0 Å². The molecule has 0 aromatic heterocycles. The highest BCUT2D eigenvalue weighted by Crippen LogP contribution is 2.29. The van der Waals surface area contributed by atoms with Gasteiger partial charge in [0.2, 0.25) is 0 Å². The number of fused-ring (bicyclic) bond motifs is 3. The molecule has 6 nitrogen and oxygen atoms in total. The van der Waals surface area contributed by atoms with E-state index in [-0.39, 0.29) is 23.9 Å². The predicted octanol–water partition coefficient (Wildman–Crippen LogP) is 3.77. The van der Waals surface area contributed by atoms with Crippen LogP contribution in [0.5, 0.6) is 0 Å². The molecule has 0 bridgehead atoms. The van der Waals surface area contributed by atoms with Crippen LogP contribution in [0.25, 0.3) is 21.5 Å². The van der Waals surface area contributed by atoms with Crippen molar-refractivity contribution in [3.63, 3.8) is 0 Å². The first kappa shape index (κ1) is 19.4. The molecule has 31 heavy (non-hydrogen) atoms. The van der Waals surface area contributed by atoms with Crippen molar-refractivity contribution in [2.45, 2.75) is 4.90 Å². The molecular weight excluding hydrogens is 410 g/mol. The third-order valence-electron chi connectivity index (χ3n) is 5.31. The number of hydrazone groups is 1. The Labute approximate surface area is 179 Å². The number of sulfonamides is 1. The summed E-state index contributed by atoms with van der Waals surface area (Å²) in [4.78, 5) is 0.152. The summed E-state index contributed by atoms with van der Waals surface area (Å²) < 4.78 is 28.9. The lowest BCUT2D eigenvalue weighted by Crippen LogP contribution is -2.29. The summed E-state index contributed by atoms with van der Waals surface area (Å²) in [6, 6.07) is 24.9. The van der Waals surface area contributed by atoms with Gasteiger partial charge in [-0.3, -0.25) is 0 Å². The van der Waals surface area contributed by atoms with Crippen molar-refractivity contribution >= 4 is 43.6 Å². The Morgan fingerprint density at radius 3 is 2.19 bits per heavy atom. The molecule has 0 saturated carbocycles. The zero-order valence-electron chi connectivity index (χ0n) is 16.5. The summed E-state index contributed by atoms with van der Waals surface area (Å²) in [5, 5.41) is 19.9. The largest absolute Gasteiger partial charge is 0.394 e. The molecule has 0 aliphatic carbocycles. The maximum Gasteiger partial charge on any atom is 0.285 e. The van der Waals surface area contributed by atoms with Crippen LogP contribution in [0.15, 0.2) is 93.3 Å². The number of rotatable bonds is 4. The number of aliphatic hydroxyl groups excluding tert-OH is 1. The molecule has 1 heterocycles. The lowest BCUT2D eigenvalue weighted by atomic mass is 9.97. The fraction of sp³-hybridized carbons (Fsp3) is 0.0833. The Bertz CT molecular complexity index is 1420. The van der Waals surface area contributed by atoms with E-state index in [1.54, 1.807) is 24.4 Å². The van der Waals surface area contributed by atoms with E-state index in [2.05, 4.69) is 27.7 Å². The summed E-state index contributed by atoms with van der Waals surface area (Å²) in [6.07, 6.45) is 1.72. The number of benzene rings is 4. The Hall–Kier alpha value is -3.55. The Balaban J connectivity index is 1.66. The van der Waals surface area contributed by atoms with Crippen molar-refractivity contribution in [2.75, 3.05) is 13.2 Å². The highest BCUT2D eigenvalue weighted by molar-refractivity contribution is 7.90. The summed E-state index contributed by atoms with van der Waals surface area (Å²) in [5.41, 5.74) is 1.40. The molecule has 5 rings (SSSR count). The lowest BCUT2D eigenvalue weighted by Gasteiger charge is -2.18. The minimum atomic E-state index is -3.78. The second kappa shape index (κ2) is 7.61. The molecule has 0 unspecified atom stereocenters. The van der Waals surface area contributed by atoms with Gasteiger partial charge >= 0.3 is 0 Å². The fourth-order valence-electron chi connectivity index (χ4n) is 3.90. The number of hydrogen-bond donors (Lipinski definition) is 1. The average Bonchev–Trinajstić information content (AvgIpc) is 3.06. The SMILES string of the molecule is O=S1(=O)N=C(N(CCO)N=Cc2c3ccccc3cc3ccccc23)c2ccccc21. The molecule has 0 fully saturated rings. The zero-order chi connectivity index (χ0) is 21.4. The molecule has 4 aromatic rings. The maximum absolute atomic E-state index is 12.5. The van der Waals surface area contributed by atoms with Gasteiger partial charge in [-0.2, -0.15) is 13.5 Å². The Morgan fingerprint density at radius 2 is 1.52 bits per heavy atom. The van der Waals surface area contributed by atoms with Crippen LogP contribution in [0.2, 0.25) is 0 Å². The van der Waals surface area contributed by atoms with Gasteiger partial charge < -0.3 is 5.11 Å². The van der Waals surface area contributed by atoms with E-state index in [1.807, 2.05) is 36.4 Å². The van der Waals surface area contributed by atoms with Crippen molar-refractivity contribution in [1.82, 2.24) is 5.01 Å². The molecule has 1 aliphatic rings. The first-order valence-electron chi connectivity index (χ1n) is 9.86. The zero-order valence-corrected chi connectivity index (χ0v) is 17.3. The molecule has 1 aliphatic heterocycles. The van der Waals surface area contributed by atoms with Crippen LogP contribution in [0, 0.1) is 0 Å². The molecule has 0 saturated heterocycles. The van der Waals surface area contributed by atoms with Gasteiger partial charge in [0.25, 0.3) is 10.0 Å². The van der Waals surface area contributed by atoms with Gasteiger partial charge in [-0.25, -0.2) is 5.01 Å². The lowest BCUT2D eigenvalue weighted by molar-refractivity contribution is 0.254. The normalized spacial score (nSPS) is 14.8. The van der Waals surface area contributed by atoms with Crippen LogP contribution in [0.3, 0.4) is 0 Å². The van der Waals surface area contributed by atoms with E-state index in [9.17, 15) is 13.5 Å². The molecule has 0 atom stereocenters. The summed E-state index contributed by atoms with van der Waals surface area (Å²) in [7, 11) is -3.78. The van der Waals surface area contributed by atoms with Crippen molar-refractivity contribution < 1.29 is 13.5 Å².